The zero-order valence-electron chi connectivity index (χ0n) is 8.20. The van der Waals surface area contributed by atoms with Gasteiger partial charge < -0.3 is 9.64 Å². The van der Waals surface area contributed by atoms with Crippen LogP contribution in [0.3, 0.4) is 0 Å². The van der Waals surface area contributed by atoms with E-state index in [2.05, 4.69) is 19.9 Å². The maximum Gasteiger partial charge on any atom is 0.128 e. The van der Waals surface area contributed by atoms with Crippen molar-refractivity contribution in [1.29, 1.82) is 0 Å². The number of aromatic nitrogens is 1. The Morgan fingerprint density at radius 2 is 2.20 bits per heavy atom. The fourth-order valence-electron chi connectivity index (χ4n) is 1.47. The summed E-state index contributed by atoms with van der Waals surface area (Å²) >= 11 is 0. The Labute approximate surface area is 87.1 Å². The van der Waals surface area contributed by atoms with Gasteiger partial charge in [-0.25, -0.2) is 4.98 Å². The molecular weight excluding hydrogens is 194 g/mol. The predicted molar refractivity (Wildman–Crippen MR) is 56.1 cm³/mol. The van der Waals surface area contributed by atoms with E-state index in [4.69, 9.17) is 10.3 Å². The first kappa shape index (κ1) is 9.76. The fraction of sp³-hybridized carbons (Fsp3) is 0.444. The Morgan fingerprint density at radius 3 is 2.80 bits per heavy atom. The van der Waals surface area contributed by atoms with E-state index in [9.17, 15) is 0 Å². The molecule has 1 aliphatic rings. The summed E-state index contributed by atoms with van der Waals surface area (Å²) in [7, 11) is 0. The molecule has 0 aromatic carbocycles. The van der Waals surface area contributed by atoms with Gasteiger partial charge in [-0.05, 0) is 17.7 Å². The molecule has 0 spiro atoms. The van der Waals surface area contributed by atoms with E-state index in [0.29, 0.717) is 5.69 Å². The maximum absolute atomic E-state index is 8.24. The standard InChI is InChI=1S/C9H11N5O/c10-13-12-8-1-2-9(11-7-8)14-3-5-15-6-4-14/h1-2,7H,3-6H2. The van der Waals surface area contributed by atoms with Crippen LogP contribution in [0.5, 0.6) is 0 Å². The normalized spacial score (nSPS) is 15.9. The van der Waals surface area contributed by atoms with Crippen molar-refractivity contribution in [2.75, 3.05) is 31.2 Å². The number of ether oxygens (including phenoxy) is 1. The van der Waals surface area contributed by atoms with Crippen molar-refractivity contribution in [3.63, 3.8) is 0 Å². The summed E-state index contributed by atoms with van der Waals surface area (Å²) in [5, 5.41) is 3.47. The number of pyridine rings is 1. The highest BCUT2D eigenvalue weighted by Crippen LogP contribution is 2.17. The molecule has 1 saturated heterocycles. The molecule has 0 saturated carbocycles. The van der Waals surface area contributed by atoms with Crippen molar-refractivity contribution < 1.29 is 4.74 Å². The smallest absolute Gasteiger partial charge is 0.128 e. The minimum atomic E-state index is 0.537. The summed E-state index contributed by atoms with van der Waals surface area (Å²) in [5.41, 5.74) is 8.78. The molecule has 0 atom stereocenters. The molecule has 1 aliphatic heterocycles. The Hall–Kier alpha value is -1.78. The molecule has 1 aromatic rings. The highest BCUT2D eigenvalue weighted by Gasteiger charge is 2.11. The van der Waals surface area contributed by atoms with Crippen molar-refractivity contribution in [2.45, 2.75) is 0 Å². The average Bonchev–Trinajstić information content (AvgIpc) is 2.32. The molecule has 15 heavy (non-hydrogen) atoms. The number of hydrogen-bond acceptors (Lipinski definition) is 4. The predicted octanol–water partition coefficient (Wildman–Crippen LogP) is 1.86. The molecular formula is C9H11N5O. The zero-order valence-corrected chi connectivity index (χ0v) is 8.20. The lowest BCUT2D eigenvalue weighted by Crippen LogP contribution is -2.36. The Morgan fingerprint density at radius 1 is 1.40 bits per heavy atom. The number of nitrogens with zero attached hydrogens (tertiary/aromatic N) is 5. The summed E-state index contributed by atoms with van der Waals surface area (Å²) in [5.74, 6) is 0.898. The third-order valence-electron chi connectivity index (χ3n) is 2.23. The van der Waals surface area contributed by atoms with Gasteiger partial charge in [-0.3, -0.25) is 0 Å². The molecule has 6 heteroatoms. The van der Waals surface area contributed by atoms with Gasteiger partial charge in [0, 0.05) is 24.2 Å². The van der Waals surface area contributed by atoms with Gasteiger partial charge in [-0.1, -0.05) is 5.11 Å². The van der Waals surface area contributed by atoms with E-state index < -0.39 is 0 Å². The van der Waals surface area contributed by atoms with Crippen LogP contribution in [0.2, 0.25) is 0 Å². The first-order chi connectivity index (χ1) is 7.40. The molecule has 0 bridgehead atoms. The van der Waals surface area contributed by atoms with Gasteiger partial charge in [0.2, 0.25) is 0 Å². The molecule has 1 fully saturated rings. The van der Waals surface area contributed by atoms with Crippen LogP contribution in [0.4, 0.5) is 11.5 Å². The van der Waals surface area contributed by atoms with Crippen molar-refractivity contribution in [3.05, 3.63) is 28.8 Å². The molecule has 2 heterocycles. The number of anilines is 1. The highest BCUT2D eigenvalue weighted by atomic mass is 16.5. The summed E-state index contributed by atoms with van der Waals surface area (Å²) in [4.78, 5) is 9.07. The van der Waals surface area contributed by atoms with Crippen LogP contribution in [-0.2, 0) is 4.74 Å². The SMILES string of the molecule is [N-]=[N+]=Nc1ccc(N2CCOCC2)nc1. The second-order valence-electron chi connectivity index (χ2n) is 3.16. The minimum absolute atomic E-state index is 0.537. The van der Waals surface area contributed by atoms with Gasteiger partial charge in [0.25, 0.3) is 0 Å². The molecule has 2 rings (SSSR count). The third-order valence-corrected chi connectivity index (χ3v) is 2.23. The monoisotopic (exact) mass is 205 g/mol. The molecule has 6 nitrogen and oxygen atoms in total. The first-order valence-electron chi connectivity index (χ1n) is 4.74. The number of rotatable bonds is 2. The van der Waals surface area contributed by atoms with Crippen molar-refractivity contribution in [2.24, 2.45) is 5.11 Å². The highest BCUT2D eigenvalue weighted by molar-refractivity contribution is 5.45. The van der Waals surface area contributed by atoms with E-state index in [0.717, 1.165) is 32.1 Å². The van der Waals surface area contributed by atoms with E-state index >= 15 is 0 Å². The van der Waals surface area contributed by atoms with Crippen LogP contribution < -0.4 is 4.90 Å². The molecule has 0 N–H and O–H groups in total. The molecule has 0 radical (unpaired) electrons. The van der Waals surface area contributed by atoms with Gasteiger partial charge in [0.1, 0.15) is 5.82 Å². The topological polar surface area (TPSA) is 74.1 Å². The van der Waals surface area contributed by atoms with Gasteiger partial charge in [-0.15, -0.1) is 0 Å². The van der Waals surface area contributed by atoms with Crippen LogP contribution >= 0.6 is 0 Å². The van der Waals surface area contributed by atoms with Crippen LogP contribution in [0, 0.1) is 0 Å². The number of azide groups is 1. The van der Waals surface area contributed by atoms with Crippen molar-refractivity contribution >= 4 is 11.5 Å². The molecule has 1 aromatic heterocycles. The largest absolute Gasteiger partial charge is 0.378 e. The van der Waals surface area contributed by atoms with E-state index in [-0.39, 0.29) is 0 Å². The number of morpholine rings is 1. The van der Waals surface area contributed by atoms with Gasteiger partial charge in [0.15, 0.2) is 0 Å². The number of hydrogen-bond donors (Lipinski definition) is 0. The van der Waals surface area contributed by atoms with Crippen molar-refractivity contribution in [1.82, 2.24) is 4.98 Å². The molecule has 0 aliphatic carbocycles. The first-order valence-corrected chi connectivity index (χ1v) is 4.74. The lowest BCUT2D eigenvalue weighted by molar-refractivity contribution is 0.122. The maximum atomic E-state index is 8.24. The van der Waals surface area contributed by atoms with Gasteiger partial charge in [0.05, 0.1) is 18.9 Å². The van der Waals surface area contributed by atoms with Crippen LogP contribution in [0.25, 0.3) is 10.4 Å². The zero-order chi connectivity index (χ0) is 10.5. The van der Waals surface area contributed by atoms with E-state index in [1.54, 1.807) is 12.3 Å². The Kier molecular flexibility index (Phi) is 3.02. The van der Waals surface area contributed by atoms with Crippen LogP contribution in [0.15, 0.2) is 23.4 Å². The lowest BCUT2D eigenvalue weighted by Gasteiger charge is -2.27. The summed E-state index contributed by atoms with van der Waals surface area (Å²) in [6, 6.07) is 3.62. The van der Waals surface area contributed by atoms with E-state index in [1.807, 2.05) is 6.07 Å². The minimum Gasteiger partial charge on any atom is -0.378 e. The second kappa shape index (κ2) is 4.63. The van der Waals surface area contributed by atoms with Gasteiger partial charge >= 0.3 is 0 Å². The molecule has 78 valence electrons. The third kappa shape index (κ3) is 2.37. The summed E-state index contributed by atoms with van der Waals surface area (Å²) < 4.78 is 5.25. The molecule has 0 amide bonds. The summed E-state index contributed by atoms with van der Waals surface area (Å²) in [6.07, 6.45) is 1.57. The van der Waals surface area contributed by atoms with Gasteiger partial charge in [-0.2, -0.15) is 0 Å². The van der Waals surface area contributed by atoms with Crippen LogP contribution in [-0.4, -0.2) is 31.3 Å². The quantitative estimate of drug-likeness (QED) is 0.420. The Balaban J connectivity index is 2.11. The fourth-order valence-corrected chi connectivity index (χ4v) is 1.47. The van der Waals surface area contributed by atoms with Crippen LogP contribution in [0.1, 0.15) is 0 Å². The van der Waals surface area contributed by atoms with Crippen molar-refractivity contribution in [3.8, 4) is 0 Å². The summed E-state index contributed by atoms with van der Waals surface area (Å²) in [6.45, 7) is 3.18. The lowest BCUT2D eigenvalue weighted by atomic mass is 10.3. The van der Waals surface area contributed by atoms with E-state index in [1.165, 1.54) is 0 Å². The molecule has 0 unspecified atom stereocenters. The second-order valence-corrected chi connectivity index (χ2v) is 3.16. The average molecular weight is 205 g/mol. The Bertz CT molecular complexity index is 365.